The minimum Gasteiger partial charge on any atom is -0.373 e. The van der Waals surface area contributed by atoms with Crippen molar-refractivity contribution in [1.82, 2.24) is 9.97 Å². The van der Waals surface area contributed by atoms with E-state index in [-0.39, 0.29) is 0 Å². The monoisotopic (exact) mass is 310 g/mol. The van der Waals surface area contributed by atoms with Crippen LogP contribution in [0, 0.1) is 6.92 Å². The number of rotatable bonds is 6. The van der Waals surface area contributed by atoms with Gasteiger partial charge in [-0.05, 0) is 25.5 Å². The van der Waals surface area contributed by atoms with Crippen LogP contribution in [-0.2, 0) is 12.8 Å². The van der Waals surface area contributed by atoms with E-state index in [4.69, 9.17) is 11.6 Å². The third kappa shape index (κ3) is 3.61. The van der Waals surface area contributed by atoms with Crippen LogP contribution in [0.4, 0.5) is 11.6 Å². The van der Waals surface area contributed by atoms with E-state index in [0.29, 0.717) is 0 Å². The highest BCUT2D eigenvalue weighted by molar-refractivity contribution is 7.16. The molecule has 0 saturated carbocycles. The van der Waals surface area contributed by atoms with E-state index < -0.39 is 0 Å². The second-order valence-electron chi connectivity index (χ2n) is 4.45. The van der Waals surface area contributed by atoms with Gasteiger partial charge in [0.15, 0.2) is 0 Å². The minimum absolute atomic E-state index is 0.824. The average Bonchev–Trinajstić information content (AvgIpc) is 2.86. The highest BCUT2D eigenvalue weighted by Gasteiger charge is 2.09. The van der Waals surface area contributed by atoms with Crippen molar-refractivity contribution in [2.45, 2.75) is 26.7 Å². The summed E-state index contributed by atoms with van der Waals surface area (Å²) in [5, 5.41) is 6.51. The Balaban J connectivity index is 2.04. The van der Waals surface area contributed by atoms with Crippen LogP contribution in [0.15, 0.2) is 12.1 Å². The van der Waals surface area contributed by atoms with Crippen LogP contribution >= 0.6 is 22.9 Å². The molecular weight excluding hydrogens is 292 g/mol. The fourth-order valence-electron chi connectivity index (χ4n) is 1.93. The Morgan fingerprint density at radius 1 is 1.25 bits per heavy atom. The van der Waals surface area contributed by atoms with Gasteiger partial charge < -0.3 is 10.6 Å². The number of thiophene rings is 1. The maximum Gasteiger partial charge on any atom is 0.134 e. The number of nitrogens with one attached hydrogen (secondary N) is 2. The Morgan fingerprint density at radius 2 is 2.00 bits per heavy atom. The average molecular weight is 311 g/mol. The van der Waals surface area contributed by atoms with E-state index in [1.54, 1.807) is 11.3 Å². The van der Waals surface area contributed by atoms with E-state index >= 15 is 0 Å². The molecule has 2 rings (SSSR count). The summed E-state index contributed by atoms with van der Waals surface area (Å²) in [6, 6.07) is 4.00. The number of nitrogens with zero attached hydrogens (tertiary/aromatic N) is 2. The lowest BCUT2D eigenvalue weighted by atomic mass is 10.2. The topological polar surface area (TPSA) is 49.8 Å². The first kappa shape index (κ1) is 15.1. The molecule has 0 aliphatic rings. The van der Waals surface area contributed by atoms with Crippen LogP contribution in [0.2, 0.25) is 4.34 Å². The fraction of sp³-hybridized carbons (Fsp3) is 0.429. The van der Waals surface area contributed by atoms with Gasteiger partial charge in [-0.1, -0.05) is 18.5 Å². The Bertz CT molecular complexity index is 583. The summed E-state index contributed by atoms with van der Waals surface area (Å²) in [5.41, 5.74) is 1.05. The number of aromatic nitrogens is 2. The van der Waals surface area contributed by atoms with Crippen molar-refractivity contribution in [1.29, 1.82) is 0 Å². The zero-order valence-corrected chi connectivity index (χ0v) is 13.5. The summed E-state index contributed by atoms with van der Waals surface area (Å²) < 4.78 is 0.837. The quantitative estimate of drug-likeness (QED) is 0.853. The summed E-state index contributed by atoms with van der Waals surface area (Å²) in [7, 11) is 1.88. The highest BCUT2D eigenvalue weighted by atomic mass is 35.5. The molecule has 4 nitrogen and oxygen atoms in total. The molecule has 0 saturated heterocycles. The normalized spacial score (nSPS) is 10.6. The Labute approximate surface area is 128 Å². The standard InChI is InChI=1S/C14H19ClN4S/c1-4-12-18-13(16-3)9(2)14(19-12)17-8-7-10-5-6-11(15)20-10/h5-6H,4,7-8H2,1-3H3,(H2,16,17,18,19). The molecule has 0 spiro atoms. The maximum atomic E-state index is 5.93. The second kappa shape index (κ2) is 6.90. The van der Waals surface area contributed by atoms with E-state index in [0.717, 1.165) is 46.7 Å². The lowest BCUT2D eigenvalue weighted by molar-refractivity contribution is 0.919. The van der Waals surface area contributed by atoms with Gasteiger partial charge in [0.05, 0.1) is 4.34 Å². The molecule has 0 unspecified atom stereocenters. The van der Waals surface area contributed by atoms with E-state index in [9.17, 15) is 0 Å². The molecular formula is C14H19ClN4S. The van der Waals surface area contributed by atoms with E-state index in [2.05, 4.69) is 33.6 Å². The van der Waals surface area contributed by atoms with Crippen molar-refractivity contribution < 1.29 is 0 Å². The van der Waals surface area contributed by atoms with Gasteiger partial charge in [-0.15, -0.1) is 11.3 Å². The van der Waals surface area contributed by atoms with Gasteiger partial charge in [0.25, 0.3) is 0 Å². The van der Waals surface area contributed by atoms with Gasteiger partial charge in [-0.3, -0.25) is 0 Å². The predicted octanol–water partition coefficient (Wildman–Crippen LogP) is 3.76. The van der Waals surface area contributed by atoms with Gasteiger partial charge in [0.1, 0.15) is 17.5 Å². The molecule has 0 aliphatic carbocycles. The SMILES string of the molecule is CCc1nc(NC)c(C)c(NCCc2ccc(Cl)s2)n1. The third-order valence-electron chi connectivity index (χ3n) is 3.04. The molecule has 2 aromatic rings. The van der Waals surface area contributed by atoms with E-state index in [1.807, 2.05) is 20.0 Å². The first-order chi connectivity index (χ1) is 9.63. The Kier molecular flexibility index (Phi) is 5.20. The largest absolute Gasteiger partial charge is 0.373 e. The van der Waals surface area contributed by atoms with Crippen molar-refractivity contribution in [2.24, 2.45) is 0 Å². The molecule has 0 radical (unpaired) electrons. The first-order valence-corrected chi connectivity index (χ1v) is 7.86. The molecule has 0 atom stereocenters. The van der Waals surface area contributed by atoms with Crippen LogP contribution in [0.25, 0.3) is 0 Å². The van der Waals surface area contributed by atoms with Crippen LogP contribution in [0.5, 0.6) is 0 Å². The van der Waals surface area contributed by atoms with Gasteiger partial charge in [-0.25, -0.2) is 9.97 Å². The summed E-state index contributed by atoms with van der Waals surface area (Å²) in [6.45, 7) is 4.91. The number of anilines is 2. The van der Waals surface area contributed by atoms with E-state index in [1.165, 1.54) is 4.88 Å². The lowest BCUT2D eigenvalue weighted by Crippen LogP contribution is -2.11. The van der Waals surface area contributed by atoms with Crippen molar-refractivity contribution in [3.8, 4) is 0 Å². The molecule has 2 aromatic heterocycles. The number of hydrogen-bond acceptors (Lipinski definition) is 5. The molecule has 0 aliphatic heterocycles. The second-order valence-corrected chi connectivity index (χ2v) is 6.25. The van der Waals surface area contributed by atoms with Crippen LogP contribution in [0.1, 0.15) is 23.2 Å². The molecule has 0 aromatic carbocycles. The first-order valence-electron chi connectivity index (χ1n) is 6.67. The van der Waals surface area contributed by atoms with Crippen molar-refractivity contribution in [3.63, 3.8) is 0 Å². The molecule has 108 valence electrons. The zero-order chi connectivity index (χ0) is 14.5. The van der Waals surface area contributed by atoms with Crippen molar-refractivity contribution in [3.05, 3.63) is 32.7 Å². The van der Waals surface area contributed by atoms with Crippen LogP contribution < -0.4 is 10.6 Å². The number of hydrogen-bond donors (Lipinski definition) is 2. The summed E-state index contributed by atoms with van der Waals surface area (Å²) in [4.78, 5) is 10.3. The third-order valence-corrected chi connectivity index (χ3v) is 4.33. The summed E-state index contributed by atoms with van der Waals surface area (Å²) >= 11 is 7.55. The van der Waals surface area contributed by atoms with Crippen molar-refractivity contribution >= 4 is 34.6 Å². The highest BCUT2D eigenvalue weighted by Crippen LogP contribution is 2.23. The predicted molar refractivity (Wildman–Crippen MR) is 87.2 cm³/mol. The molecule has 2 N–H and O–H groups in total. The smallest absolute Gasteiger partial charge is 0.134 e. The van der Waals surface area contributed by atoms with Crippen LogP contribution in [-0.4, -0.2) is 23.6 Å². The number of aryl methyl sites for hydroxylation is 1. The summed E-state index contributed by atoms with van der Waals surface area (Å²) in [6.07, 6.45) is 1.77. The minimum atomic E-state index is 0.824. The zero-order valence-electron chi connectivity index (χ0n) is 12.0. The molecule has 0 amide bonds. The van der Waals surface area contributed by atoms with Gasteiger partial charge in [-0.2, -0.15) is 0 Å². The lowest BCUT2D eigenvalue weighted by Gasteiger charge is -2.13. The summed E-state index contributed by atoms with van der Waals surface area (Å²) in [5.74, 6) is 2.64. The molecule has 20 heavy (non-hydrogen) atoms. The van der Waals surface area contributed by atoms with Crippen LogP contribution in [0.3, 0.4) is 0 Å². The van der Waals surface area contributed by atoms with Gasteiger partial charge >= 0.3 is 0 Å². The molecule has 6 heteroatoms. The van der Waals surface area contributed by atoms with Crippen molar-refractivity contribution in [2.75, 3.05) is 24.2 Å². The van der Waals surface area contributed by atoms with Gasteiger partial charge in [0, 0.05) is 30.5 Å². The maximum absolute atomic E-state index is 5.93. The number of halogens is 1. The molecule has 0 fully saturated rings. The molecule has 0 bridgehead atoms. The Morgan fingerprint density at radius 3 is 2.60 bits per heavy atom. The van der Waals surface area contributed by atoms with Gasteiger partial charge in [0.2, 0.25) is 0 Å². The Hall–Kier alpha value is -1.33. The fourth-order valence-corrected chi connectivity index (χ4v) is 3.01. The molecule has 2 heterocycles.